The first-order valence-electron chi connectivity index (χ1n) is 6.47. The van der Waals surface area contributed by atoms with E-state index < -0.39 is 11.7 Å². The fourth-order valence-corrected chi connectivity index (χ4v) is 2.59. The molecule has 0 bridgehead atoms. The Hall–Kier alpha value is -2.18. The van der Waals surface area contributed by atoms with Gasteiger partial charge in [0.1, 0.15) is 17.0 Å². The van der Waals surface area contributed by atoms with Crippen molar-refractivity contribution in [3.05, 3.63) is 68.9 Å². The summed E-state index contributed by atoms with van der Waals surface area (Å²) in [5.41, 5.74) is 6.43. The Kier molecular flexibility index (Phi) is 4.19. The van der Waals surface area contributed by atoms with Gasteiger partial charge in [0, 0.05) is 9.86 Å². The average molecular weight is 396 g/mol. The number of hydrogen-bond acceptors (Lipinski definition) is 3. The molecule has 4 nitrogen and oxygen atoms in total. The minimum atomic E-state index is -0.678. The van der Waals surface area contributed by atoms with Gasteiger partial charge in [-0.2, -0.15) is 0 Å². The first-order chi connectivity index (χ1) is 10.9. The zero-order chi connectivity index (χ0) is 16.6. The van der Waals surface area contributed by atoms with E-state index in [0.717, 1.165) is 4.47 Å². The van der Waals surface area contributed by atoms with Gasteiger partial charge < -0.3 is 10.2 Å². The van der Waals surface area contributed by atoms with Crippen LogP contribution in [0.15, 0.2) is 56.3 Å². The molecule has 0 atom stereocenters. The van der Waals surface area contributed by atoms with Crippen LogP contribution in [0.25, 0.3) is 11.0 Å². The quantitative estimate of drug-likeness (QED) is 0.702. The predicted molar refractivity (Wildman–Crippen MR) is 89.1 cm³/mol. The predicted octanol–water partition coefficient (Wildman–Crippen LogP) is 4.32. The summed E-state index contributed by atoms with van der Waals surface area (Å²) in [5.74, 6) is -1.23. The van der Waals surface area contributed by atoms with Crippen LogP contribution in [0.1, 0.15) is 10.4 Å². The Morgan fingerprint density at radius 1 is 1.22 bits per heavy atom. The molecule has 23 heavy (non-hydrogen) atoms. The molecule has 1 amide bonds. The molecule has 0 spiro atoms. The summed E-state index contributed by atoms with van der Waals surface area (Å²) in [6, 6.07) is 10.9. The number of rotatable bonds is 2. The Morgan fingerprint density at radius 3 is 2.70 bits per heavy atom. The van der Waals surface area contributed by atoms with Crippen LogP contribution in [-0.2, 0) is 0 Å². The van der Waals surface area contributed by atoms with Crippen molar-refractivity contribution in [2.45, 2.75) is 0 Å². The molecule has 0 radical (unpaired) electrons. The van der Waals surface area contributed by atoms with Crippen molar-refractivity contribution >= 4 is 50.1 Å². The largest absolute Gasteiger partial charge is 0.438 e. The van der Waals surface area contributed by atoms with Crippen molar-refractivity contribution in [3.63, 3.8) is 0 Å². The van der Waals surface area contributed by atoms with Gasteiger partial charge in [0.15, 0.2) is 0 Å². The van der Waals surface area contributed by atoms with E-state index in [0.29, 0.717) is 16.7 Å². The Labute approximate surface area is 143 Å². The van der Waals surface area contributed by atoms with Crippen molar-refractivity contribution in [1.29, 1.82) is 0 Å². The lowest BCUT2D eigenvalue weighted by molar-refractivity contribution is 0.0996. The second kappa shape index (κ2) is 6.14. The molecule has 1 aromatic heterocycles. The van der Waals surface area contributed by atoms with Gasteiger partial charge in [-0.05, 0) is 42.5 Å². The monoisotopic (exact) mass is 394 g/mol. The maximum atomic E-state index is 13.2. The van der Waals surface area contributed by atoms with Crippen LogP contribution in [0, 0.1) is 5.82 Å². The number of nitrogens with two attached hydrogens (primary N) is 1. The lowest BCUT2D eigenvalue weighted by Gasteiger charge is -2.03. The van der Waals surface area contributed by atoms with E-state index >= 15 is 0 Å². The van der Waals surface area contributed by atoms with Crippen molar-refractivity contribution in [2.24, 2.45) is 10.7 Å². The third-order valence-corrected chi connectivity index (χ3v) is 3.89. The molecule has 0 aliphatic heterocycles. The fourth-order valence-electron chi connectivity index (χ4n) is 2.03. The highest BCUT2D eigenvalue weighted by molar-refractivity contribution is 9.10. The Bertz CT molecular complexity index is 1000. The van der Waals surface area contributed by atoms with Gasteiger partial charge in [-0.25, -0.2) is 9.38 Å². The molecule has 0 fully saturated rings. The van der Waals surface area contributed by atoms with Crippen LogP contribution < -0.4 is 11.3 Å². The molecule has 7 heteroatoms. The maximum Gasteiger partial charge on any atom is 0.254 e. The summed E-state index contributed by atoms with van der Waals surface area (Å²) in [6.45, 7) is 0. The van der Waals surface area contributed by atoms with Gasteiger partial charge in [-0.15, -0.1) is 0 Å². The van der Waals surface area contributed by atoms with E-state index in [2.05, 4.69) is 20.9 Å². The zero-order valence-electron chi connectivity index (χ0n) is 11.5. The number of hydrogen-bond donors (Lipinski definition) is 1. The summed E-state index contributed by atoms with van der Waals surface area (Å²) in [7, 11) is 0. The van der Waals surface area contributed by atoms with Gasteiger partial charge in [-0.3, -0.25) is 4.79 Å². The van der Waals surface area contributed by atoms with Gasteiger partial charge in [-0.1, -0.05) is 27.5 Å². The SMILES string of the molecule is NC(=O)c1cc2cc(Br)ccc2oc1=Nc1ccc(F)c(Cl)c1. The molecule has 0 saturated carbocycles. The van der Waals surface area contributed by atoms with Crippen molar-refractivity contribution in [1.82, 2.24) is 0 Å². The normalized spacial score (nSPS) is 11.9. The number of primary amides is 1. The van der Waals surface area contributed by atoms with Crippen molar-refractivity contribution < 1.29 is 13.6 Å². The number of benzene rings is 2. The third-order valence-electron chi connectivity index (χ3n) is 3.11. The highest BCUT2D eigenvalue weighted by Gasteiger charge is 2.10. The number of halogens is 3. The summed E-state index contributed by atoms with van der Waals surface area (Å²) in [6.07, 6.45) is 0. The number of nitrogens with zero attached hydrogens (tertiary/aromatic N) is 1. The van der Waals surface area contributed by atoms with Crippen LogP contribution >= 0.6 is 27.5 Å². The highest BCUT2D eigenvalue weighted by atomic mass is 79.9. The van der Waals surface area contributed by atoms with Gasteiger partial charge in [0.05, 0.1) is 10.7 Å². The minimum absolute atomic E-state index is 0.0370. The first-order valence-corrected chi connectivity index (χ1v) is 7.64. The summed E-state index contributed by atoms with van der Waals surface area (Å²) in [4.78, 5) is 15.9. The van der Waals surface area contributed by atoms with Gasteiger partial charge >= 0.3 is 0 Å². The van der Waals surface area contributed by atoms with Gasteiger partial charge in [0.25, 0.3) is 5.91 Å². The number of fused-ring (bicyclic) bond motifs is 1. The molecular weight excluding hydrogens is 387 g/mol. The highest BCUT2D eigenvalue weighted by Crippen LogP contribution is 2.22. The molecule has 0 aliphatic rings. The van der Waals surface area contributed by atoms with Crippen LogP contribution in [0.4, 0.5) is 10.1 Å². The van der Waals surface area contributed by atoms with E-state index in [1.54, 1.807) is 24.3 Å². The van der Waals surface area contributed by atoms with Crippen LogP contribution in [0.2, 0.25) is 5.02 Å². The number of carbonyl (C=O) groups is 1. The van der Waals surface area contributed by atoms with Crippen LogP contribution in [-0.4, -0.2) is 5.91 Å². The Morgan fingerprint density at radius 2 is 2.00 bits per heavy atom. The van der Waals surface area contributed by atoms with Gasteiger partial charge in [0.2, 0.25) is 5.55 Å². The average Bonchev–Trinajstić information content (AvgIpc) is 2.50. The molecular formula is C16H9BrClFN2O2. The molecule has 1 heterocycles. The molecule has 0 aliphatic carbocycles. The van der Waals surface area contributed by atoms with Crippen molar-refractivity contribution in [2.75, 3.05) is 0 Å². The minimum Gasteiger partial charge on any atom is -0.438 e. The van der Waals surface area contributed by atoms with E-state index in [-0.39, 0.29) is 16.1 Å². The molecule has 0 unspecified atom stereocenters. The summed E-state index contributed by atoms with van der Waals surface area (Å²) >= 11 is 9.08. The topological polar surface area (TPSA) is 68.6 Å². The molecule has 2 aromatic carbocycles. The number of amides is 1. The van der Waals surface area contributed by atoms with E-state index in [9.17, 15) is 9.18 Å². The summed E-state index contributed by atoms with van der Waals surface area (Å²) in [5, 5.41) is 0.626. The molecule has 3 aromatic rings. The van der Waals surface area contributed by atoms with Crippen LogP contribution in [0.5, 0.6) is 0 Å². The van der Waals surface area contributed by atoms with E-state index in [1.807, 2.05) is 0 Å². The van der Waals surface area contributed by atoms with Crippen LogP contribution in [0.3, 0.4) is 0 Å². The lowest BCUT2D eigenvalue weighted by atomic mass is 10.2. The lowest BCUT2D eigenvalue weighted by Crippen LogP contribution is -2.21. The second-order valence-electron chi connectivity index (χ2n) is 4.72. The first kappa shape index (κ1) is 15.7. The van der Waals surface area contributed by atoms with Crippen molar-refractivity contribution in [3.8, 4) is 0 Å². The zero-order valence-corrected chi connectivity index (χ0v) is 13.9. The second-order valence-corrected chi connectivity index (χ2v) is 6.04. The molecule has 2 N–H and O–H groups in total. The number of carbonyl (C=O) groups excluding carboxylic acids is 1. The summed E-state index contributed by atoms with van der Waals surface area (Å²) < 4.78 is 19.7. The smallest absolute Gasteiger partial charge is 0.254 e. The third kappa shape index (κ3) is 3.28. The standard InChI is InChI=1S/C16H9BrClFN2O2/c17-9-1-4-14-8(5-9)6-11(15(20)22)16(23-14)21-10-2-3-13(19)12(18)7-10/h1-7H,(H2,20,22). The van der Waals surface area contributed by atoms with E-state index in [4.69, 9.17) is 21.8 Å². The molecule has 0 saturated heterocycles. The van der Waals surface area contributed by atoms with E-state index in [1.165, 1.54) is 18.2 Å². The molecule has 116 valence electrons. The fraction of sp³-hybridized carbons (Fsp3) is 0. The molecule has 3 rings (SSSR count). The maximum absolute atomic E-state index is 13.2. The Balaban J connectivity index is 2.27.